The number of hydrogen-bond donors (Lipinski definition) is 3. The minimum atomic E-state index is -0.504. The number of nitrogens with zero attached hydrogens (tertiary/aromatic N) is 1. The van der Waals surface area contributed by atoms with E-state index in [0.29, 0.717) is 19.2 Å². The molecule has 1 aromatic rings. The molecule has 2 heterocycles. The molecule has 0 radical (unpaired) electrons. The van der Waals surface area contributed by atoms with Crippen LogP contribution in [-0.4, -0.2) is 55.2 Å². The number of benzene rings is 1. The van der Waals surface area contributed by atoms with Crippen LogP contribution in [0.1, 0.15) is 18.9 Å². The van der Waals surface area contributed by atoms with Crippen LogP contribution in [0.3, 0.4) is 0 Å². The van der Waals surface area contributed by atoms with Crippen molar-refractivity contribution >= 4 is 5.71 Å². The van der Waals surface area contributed by atoms with E-state index in [1.165, 1.54) is 0 Å². The van der Waals surface area contributed by atoms with Gasteiger partial charge in [0, 0.05) is 18.2 Å². The van der Waals surface area contributed by atoms with Gasteiger partial charge < -0.3 is 20.5 Å². The van der Waals surface area contributed by atoms with Crippen molar-refractivity contribution in [1.82, 2.24) is 10.6 Å². The predicted octanol–water partition coefficient (Wildman–Crippen LogP) is 0.569. The van der Waals surface area contributed by atoms with E-state index in [-0.39, 0.29) is 6.04 Å². The highest BCUT2D eigenvalue weighted by atomic mass is 16.5. The lowest BCUT2D eigenvalue weighted by Crippen LogP contribution is -2.50. The molecular weight excluding hydrogens is 266 g/mol. The van der Waals surface area contributed by atoms with Crippen LogP contribution in [0.5, 0.6) is 5.75 Å². The van der Waals surface area contributed by atoms with E-state index in [9.17, 15) is 5.11 Å². The van der Waals surface area contributed by atoms with Gasteiger partial charge in [-0.3, -0.25) is 4.99 Å². The van der Waals surface area contributed by atoms with Crippen molar-refractivity contribution in [3.63, 3.8) is 0 Å². The Labute approximate surface area is 125 Å². The smallest absolute Gasteiger partial charge is 0.128 e. The van der Waals surface area contributed by atoms with E-state index in [0.717, 1.165) is 36.5 Å². The highest BCUT2D eigenvalue weighted by molar-refractivity contribution is 6.07. The van der Waals surface area contributed by atoms with Crippen molar-refractivity contribution in [3.05, 3.63) is 29.8 Å². The fourth-order valence-corrected chi connectivity index (χ4v) is 2.97. The van der Waals surface area contributed by atoms with Crippen molar-refractivity contribution in [3.8, 4) is 5.75 Å². The topological polar surface area (TPSA) is 65.9 Å². The number of aliphatic hydroxyl groups is 1. The summed E-state index contributed by atoms with van der Waals surface area (Å²) in [5.41, 5.74) is 1.89. The number of nitrogens with one attached hydrogen (secondary N) is 2. The van der Waals surface area contributed by atoms with Gasteiger partial charge in [0.05, 0.1) is 24.4 Å². The Morgan fingerprint density at radius 2 is 2.29 bits per heavy atom. The SMILES string of the molecule is CC(O)C(NC1CCNC1)C1=NCCOc2ccccc21. The van der Waals surface area contributed by atoms with Gasteiger partial charge >= 0.3 is 0 Å². The van der Waals surface area contributed by atoms with Crippen molar-refractivity contribution in [2.45, 2.75) is 31.5 Å². The standard InChI is InChI=1S/C16H23N3O2/c1-11(20)15(19-12-6-7-17-10-12)16-13-4-2-3-5-14(13)21-9-8-18-16/h2-5,11-12,15,17,19-20H,6-10H2,1H3. The van der Waals surface area contributed by atoms with E-state index in [4.69, 9.17) is 4.74 Å². The fourth-order valence-electron chi connectivity index (χ4n) is 2.97. The molecule has 0 bridgehead atoms. The molecule has 0 spiro atoms. The van der Waals surface area contributed by atoms with Gasteiger partial charge in [-0.25, -0.2) is 0 Å². The molecule has 5 heteroatoms. The lowest BCUT2D eigenvalue weighted by atomic mass is 9.97. The Kier molecular flexibility index (Phi) is 4.53. The van der Waals surface area contributed by atoms with Gasteiger partial charge in [-0.2, -0.15) is 0 Å². The molecule has 5 nitrogen and oxygen atoms in total. The van der Waals surface area contributed by atoms with Crippen LogP contribution in [-0.2, 0) is 0 Å². The summed E-state index contributed by atoms with van der Waals surface area (Å²) in [6, 6.07) is 8.14. The zero-order chi connectivity index (χ0) is 14.7. The van der Waals surface area contributed by atoms with Crippen molar-refractivity contribution < 1.29 is 9.84 Å². The van der Waals surface area contributed by atoms with Crippen LogP contribution in [0.2, 0.25) is 0 Å². The molecule has 3 N–H and O–H groups in total. The van der Waals surface area contributed by atoms with E-state index in [1.807, 2.05) is 31.2 Å². The third kappa shape index (κ3) is 3.26. The summed E-state index contributed by atoms with van der Waals surface area (Å²) in [6.45, 7) is 4.98. The summed E-state index contributed by atoms with van der Waals surface area (Å²) in [5, 5.41) is 17.1. The Bertz CT molecular complexity index is 510. The Balaban J connectivity index is 1.89. The maximum atomic E-state index is 10.2. The summed E-state index contributed by atoms with van der Waals surface area (Å²) >= 11 is 0. The first kappa shape index (κ1) is 14.5. The van der Waals surface area contributed by atoms with Gasteiger partial charge in [-0.1, -0.05) is 12.1 Å². The van der Waals surface area contributed by atoms with Crippen LogP contribution in [0.4, 0.5) is 0 Å². The van der Waals surface area contributed by atoms with E-state index in [2.05, 4.69) is 15.6 Å². The molecule has 3 rings (SSSR count). The first-order valence-corrected chi connectivity index (χ1v) is 7.67. The second kappa shape index (κ2) is 6.56. The summed E-state index contributed by atoms with van der Waals surface area (Å²) < 4.78 is 5.74. The molecule has 0 amide bonds. The summed E-state index contributed by atoms with van der Waals surface area (Å²) in [5.74, 6) is 0.853. The summed E-state index contributed by atoms with van der Waals surface area (Å²) in [6.07, 6.45) is 0.574. The number of ether oxygens (including phenoxy) is 1. The van der Waals surface area contributed by atoms with Gasteiger partial charge in [0.15, 0.2) is 0 Å². The van der Waals surface area contributed by atoms with Crippen molar-refractivity contribution in [1.29, 1.82) is 0 Å². The molecule has 114 valence electrons. The second-order valence-corrected chi connectivity index (χ2v) is 5.69. The van der Waals surface area contributed by atoms with Crippen LogP contribution in [0, 0.1) is 0 Å². The van der Waals surface area contributed by atoms with Gasteiger partial charge in [0.2, 0.25) is 0 Å². The largest absolute Gasteiger partial charge is 0.491 e. The zero-order valence-corrected chi connectivity index (χ0v) is 12.4. The number of rotatable bonds is 4. The number of fused-ring (bicyclic) bond motifs is 1. The second-order valence-electron chi connectivity index (χ2n) is 5.69. The third-order valence-corrected chi connectivity index (χ3v) is 4.05. The van der Waals surface area contributed by atoms with Crippen LogP contribution >= 0.6 is 0 Å². The number of hydrogen-bond acceptors (Lipinski definition) is 5. The molecule has 21 heavy (non-hydrogen) atoms. The highest BCUT2D eigenvalue weighted by Crippen LogP contribution is 2.23. The lowest BCUT2D eigenvalue weighted by Gasteiger charge is -2.27. The molecule has 3 atom stereocenters. The lowest BCUT2D eigenvalue weighted by molar-refractivity contribution is 0.166. The van der Waals surface area contributed by atoms with E-state index in [1.54, 1.807) is 0 Å². The normalized spacial score (nSPS) is 24.5. The number of para-hydroxylation sites is 1. The zero-order valence-electron chi connectivity index (χ0n) is 12.4. The number of aliphatic imine (C=N–C) groups is 1. The fraction of sp³-hybridized carbons (Fsp3) is 0.562. The Morgan fingerprint density at radius 3 is 3.05 bits per heavy atom. The van der Waals surface area contributed by atoms with Crippen LogP contribution < -0.4 is 15.4 Å². The molecule has 1 fully saturated rings. The van der Waals surface area contributed by atoms with Crippen LogP contribution in [0.25, 0.3) is 0 Å². The molecule has 2 aliphatic heterocycles. The van der Waals surface area contributed by atoms with E-state index < -0.39 is 6.10 Å². The first-order chi connectivity index (χ1) is 10.3. The quantitative estimate of drug-likeness (QED) is 0.758. The maximum absolute atomic E-state index is 10.2. The van der Waals surface area contributed by atoms with Crippen LogP contribution in [0.15, 0.2) is 29.3 Å². The third-order valence-electron chi connectivity index (χ3n) is 4.05. The molecule has 1 aromatic carbocycles. The molecule has 0 aliphatic carbocycles. The monoisotopic (exact) mass is 289 g/mol. The highest BCUT2D eigenvalue weighted by Gasteiger charge is 2.29. The first-order valence-electron chi connectivity index (χ1n) is 7.67. The maximum Gasteiger partial charge on any atom is 0.128 e. The van der Waals surface area contributed by atoms with Gasteiger partial charge in [-0.15, -0.1) is 0 Å². The van der Waals surface area contributed by atoms with Crippen molar-refractivity contribution in [2.75, 3.05) is 26.2 Å². The Hall–Kier alpha value is -1.43. The number of aliphatic hydroxyl groups excluding tert-OH is 1. The Morgan fingerprint density at radius 1 is 1.43 bits per heavy atom. The van der Waals surface area contributed by atoms with E-state index >= 15 is 0 Å². The summed E-state index contributed by atoms with van der Waals surface area (Å²) in [7, 11) is 0. The molecule has 0 aromatic heterocycles. The molecule has 1 saturated heterocycles. The van der Waals surface area contributed by atoms with Gasteiger partial charge in [-0.05, 0) is 32.0 Å². The average Bonchev–Trinajstić information content (AvgIpc) is 2.90. The molecule has 3 unspecified atom stereocenters. The van der Waals surface area contributed by atoms with Gasteiger partial charge in [0.1, 0.15) is 12.4 Å². The molecular formula is C16H23N3O2. The minimum Gasteiger partial charge on any atom is -0.491 e. The molecule has 0 saturated carbocycles. The summed E-state index contributed by atoms with van der Waals surface area (Å²) in [4.78, 5) is 4.68. The predicted molar refractivity (Wildman–Crippen MR) is 83.2 cm³/mol. The van der Waals surface area contributed by atoms with Gasteiger partial charge in [0.25, 0.3) is 0 Å². The van der Waals surface area contributed by atoms with Crippen molar-refractivity contribution in [2.24, 2.45) is 4.99 Å². The molecule has 2 aliphatic rings. The minimum absolute atomic E-state index is 0.169. The average molecular weight is 289 g/mol.